The van der Waals surface area contributed by atoms with Gasteiger partial charge in [0.2, 0.25) is 0 Å². The van der Waals surface area contributed by atoms with Gasteiger partial charge in [-0.05, 0) is 13.8 Å². The highest BCUT2D eigenvalue weighted by Gasteiger charge is 2.52. The van der Waals surface area contributed by atoms with E-state index in [0.717, 1.165) is 4.90 Å². The lowest BCUT2D eigenvalue weighted by Gasteiger charge is -2.31. The lowest BCUT2D eigenvalue weighted by molar-refractivity contribution is -0.148. The van der Waals surface area contributed by atoms with Gasteiger partial charge in [-0.25, -0.2) is 4.79 Å². The summed E-state index contributed by atoms with van der Waals surface area (Å²) in [5, 5.41) is 10.4. The standard InChI is InChI=1S/C15H22N2O8/c1-15(2)13(20)16(3-11(18)24-7-9-5-22-9)14(21)17(15)4-12(19)25-8-10-6-23-10/h9-10,13,20H,3-8H2,1-2H3. The van der Waals surface area contributed by atoms with Crippen LogP contribution in [-0.2, 0) is 28.5 Å². The number of carbonyl (C=O) groups excluding carboxylic acids is 3. The predicted octanol–water partition coefficient (Wildman–Crippen LogP) is -1.29. The summed E-state index contributed by atoms with van der Waals surface area (Å²) in [7, 11) is 0. The second-order valence-corrected chi connectivity index (χ2v) is 6.80. The molecule has 3 aliphatic rings. The number of carbonyl (C=O) groups is 3. The number of hydrogen-bond acceptors (Lipinski definition) is 8. The number of ether oxygens (including phenoxy) is 4. The maximum absolute atomic E-state index is 12.5. The van der Waals surface area contributed by atoms with Crippen LogP contribution in [0.2, 0.25) is 0 Å². The van der Waals surface area contributed by atoms with Gasteiger partial charge < -0.3 is 29.0 Å². The fraction of sp³-hybridized carbons (Fsp3) is 0.800. The summed E-state index contributed by atoms with van der Waals surface area (Å²) in [5.41, 5.74) is -1.06. The van der Waals surface area contributed by atoms with Crippen LogP contribution in [0.5, 0.6) is 0 Å². The zero-order valence-electron chi connectivity index (χ0n) is 14.2. The molecule has 3 fully saturated rings. The van der Waals surface area contributed by atoms with Gasteiger partial charge in [0.15, 0.2) is 6.23 Å². The minimum Gasteiger partial charge on any atom is -0.462 e. The number of aliphatic hydroxyl groups is 1. The third-order valence-electron chi connectivity index (χ3n) is 4.35. The van der Waals surface area contributed by atoms with Gasteiger partial charge in [0.25, 0.3) is 0 Å². The number of esters is 2. The van der Waals surface area contributed by atoms with E-state index < -0.39 is 36.3 Å². The molecule has 3 unspecified atom stereocenters. The second-order valence-electron chi connectivity index (χ2n) is 6.80. The predicted molar refractivity (Wildman–Crippen MR) is 80.3 cm³/mol. The van der Waals surface area contributed by atoms with Crippen LogP contribution in [0, 0.1) is 0 Å². The van der Waals surface area contributed by atoms with Crippen LogP contribution in [0.25, 0.3) is 0 Å². The van der Waals surface area contributed by atoms with Crippen LogP contribution in [0.1, 0.15) is 13.8 Å². The third-order valence-corrected chi connectivity index (χ3v) is 4.35. The lowest BCUT2D eigenvalue weighted by atomic mass is 10.0. The largest absolute Gasteiger partial charge is 0.462 e. The molecular formula is C15H22N2O8. The van der Waals surface area contributed by atoms with Gasteiger partial charge in [-0.15, -0.1) is 0 Å². The molecule has 3 atom stereocenters. The Labute approximate surface area is 144 Å². The Bertz CT molecular complexity index is 558. The highest BCUT2D eigenvalue weighted by Crippen LogP contribution is 2.31. The zero-order chi connectivity index (χ0) is 18.2. The molecule has 0 aromatic heterocycles. The molecule has 0 aromatic rings. The molecule has 140 valence electrons. The number of epoxide rings is 2. The molecular weight excluding hydrogens is 336 g/mol. The summed E-state index contributed by atoms with van der Waals surface area (Å²) in [4.78, 5) is 38.4. The molecule has 3 heterocycles. The van der Waals surface area contributed by atoms with Crippen molar-refractivity contribution < 1.29 is 38.4 Å². The first-order valence-corrected chi connectivity index (χ1v) is 8.10. The molecule has 0 spiro atoms. The van der Waals surface area contributed by atoms with Crippen LogP contribution in [0.3, 0.4) is 0 Å². The van der Waals surface area contributed by atoms with E-state index in [2.05, 4.69) is 0 Å². The first kappa shape index (κ1) is 17.9. The average Bonchev–Trinajstić information content (AvgIpc) is 3.45. The Kier molecular flexibility index (Phi) is 4.85. The van der Waals surface area contributed by atoms with Gasteiger partial charge in [-0.2, -0.15) is 0 Å². The number of urea groups is 1. The number of hydrogen-bond donors (Lipinski definition) is 1. The van der Waals surface area contributed by atoms with Crippen LogP contribution in [0.4, 0.5) is 4.79 Å². The number of aliphatic hydroxyl groups excluding tert-OH is 1. The van der Waals surface area contributed by atoms with E-state index in [9.17, 15) is 19.5 Å². The molecule has 0 bridgehead atoms. The molecule has 1 N–H and O–H groups in total. The number of rotatable bonds is 8. The summed E-state index contributed by atoms with van der Waals surface area (Å²) in [6.45, 7) is 3.86. The quantitative estimate of drug-likeness (QED) is 0.420. The van der Waals surface area contributed by atoms with E-state index in [-0.39, 0.29) is 32.0 Å². The van der Waals surface area contributed by atoms with Crippen molar-refractivity contribution in [2.24, 2.45) is 0 Å². The second kappa shape index (κ2) is 6.77. The average molecular weight is 358 g/mol. The van der Waals surface area contributed by atoms with E-state index >= 15 is 0 Å². The van der Waals surface area contributed by atoms with Gasteiger partial charge in [-0.3, -0.25) is 14.5 Å². The summed E-state index contributed by atoms with van der Waals surface area (Å²) in [6, 6.07) is -0.628. The lowest BCUT2D eigenvalue weighted by Crippen LogP contribution is -2.49. The Hall–Kier alpha value is -1.91. The van der Waals surface area contributed by atoms with E-state index in [1.54, 1.807) is 13.8 Å². The van der Waals surface area contributed by atoms with Crippen LogP contribution in [0.15, 0.2) is 0 Å². The van der Waals surface area contributed by atoms with E-state index in [4.69, 9.17) is 18.9 Å². The third kappa shape index (κ3) is 4.20. The minimum absolute atomic E-state index is 0.0708. The highest BCUT2D eigenvalue weighted by molar-refractivity contribution is 5.87. The molecule has 0 aliphatic carbocycles. The van der Waals surface area contributed by atoms with Crippen molar-refractivity contribution in [2.45, 2.75) is 37.8 Å². The van der Waals surface area contributed by atoms with Crippen molar-refractivity contribution in [1.29, 1.82) is 0 Å². The summed E-state index contributed by atoms with van der Waals surface area (Å²) in [6.07, 6.45) is -1.41. The maximum Gasteiger partial charge on any atom is 0.325 e. The Morgan fingerprint density at radius 2 is 1.60 bits per heavy atom. The minimum atomic E-state index is -1.26. The topological polar surface area (TPSA) is 121 Å². The van der Waals surface area contributed by atoms with Crippen molar-refractivity contribution >= 4 is 18.0 Å². The monoisotopic (exact) mass is 358 g/mol. The fourth-order valence-corrected chi connectivity index (χ4v) is 2.51. The van der Waals surface area contributed by atoms with E-state index in [1.807, 2.05) is 0 Å². The molecule has 0 saturated carbocycles. The zero-order valence-corrected chi connectivity index (χ0v) is 14.2. The van der Waals surface area contributed by atoms with Gasteiger partial charge in [0.1, 0.15) is 38.5 Å². The number of nitrogens with zero attached hydrogens (tertiary/aromatic N) is 2. The molecule has 25 heavy (non-hydrogen) atoms. The van der Waals surface area contributed by atoms with Crippen LogP contribution >= 0.6 is 0 Å². The highest BCUT2D eigenvalue weighted by atomic mass is 16.6. The van der Waals surface area contributed by atoms with Crippen LogP contribution < -0.4 is 0 Å². The molecule has 10 nitrogen and oxygen atoms in total. The molecule has 0 aromatic carbocycles. The van der Waals surface area contributed by atoms with Gasteiger partial charge in [0, 0.05) is 0 Å². The Morgan fingerprint density at radius 1 is 1.12 bits per heavy atom. The molecule has 10 heteroatoms. The fourth-order valence-electron chi connectivity index (χ4n) is 2.51. The number of amides is 2. The van der Waals surface area contributed by atoms with Crippen LogP contribution in [-0.4, -0.2) is 96.4 Å². The summed E-state index contributed by atoms with van der Waals surface area (Å²) >= 11 is 0. The first-order chi connectivity index (χ1) is 11.8. The Morgan fingerprint density at radius 3 is 2.08 bits per heavy atom. The van der Waals surface area contributed by atoms with E-state index in [0.29, 0.717) is 13.2 Å². The van der Waals surface area contributed by atoms with Crippen molar-refractivity contribution in [3.05, 3.63) is 0 Å². The smallest absolute Gasteiger partial charge is 0.325 e. The van der Waals surface area contributed by atoms with E-state index in [1.165, 1.54) is 4.90 Å². The van der Waals surface area contributed by atoms with Crippen molar-refractivity contribution in [3.63, 3.8) is 0 Å². The van der Waals surface area contributed by atoms with Gasteiger partial charge >= 0.3 is 18.0 Å². The summed E-state index contributed by atoms with van der Waals surface area (Å²) in [5.74, 6) is -1.24. The molecule has 3 aliphatic heterocycles. The van der Waals surface area contributed by atoms with Gasteiger partial charge in [-0.1, -0.05) is 0 Å². The molecule has 3 rings (SSSR count). The SMILES string of the molecule is CC1(C)C(O)N(CC(=O)OCC2CO2)C(=O)N1CC(=O)OCC1CO1. The molecule has 3 saturated heterocycles. The first-order valence-electron chi connectivity index (χ1n) is 8.10. The molecule has 2 amide bonds. The summed E-state index contributed by atoms with van der Waals surface area (Å²) < 4.78 is 19.9. The Balaban J connectivity index is 1.55. The van der Waals surface area contributed by atoms with Crippen molar-refractivity contribution in [2.75, 3.05) is 39.5 Å². The molecule has 0 radical (unpaired) electrons. The van der Waals surface area contributed by atoms with Crippen molar-refractivity contribution in [3.8, 4) is 0 Å². The maximum atomic E-state index is 12.5. The van der Waals surface area contributed by atoms with Gasteiger partial charge in [0.05, 0.1) is 18.8 Å². The normalized spacial score (nSPS) is 29.6. The van der Waals surface area contributed by atoms with Crippen molar-refractivity contribution in [1.82, 2.24) is 9.80 Å².